The van der Waals surface area contributed by atoms with Crippen LogP contribution in [-0.4, -0.2) is 45.0 Å². The smallest absolute Gasteiger partial charge is 0.261 e. The number of hydrogen-bond acceptors (Lipinski definition) is 6. The van der Waals surface area contributed by atoms with Gasteiger partial charge in [0, 0.05) is 13.1 Å². The minimum absolute atomic E-state index is 0.257. The number of carbonyl (C=O) groups is 2. The first kappa shape index (κ1) is 16.0. The van der Waals surface area contributed by atoms with Crippen LogP contribution in [-0.2, 0) is 12.8 Å². The average Bonchev–Trinajstić information content (AvgIpc) is 2.86. The molecule has 0 bridgehead atoms. The van der Waals surface area contributed by atoms with Crippen LogP contribution in [0.1, 0.15) is 46.0 Å². The summed E-state index contributed by atoms with van der Waals surface area (Å²) in [5.41, 5.74) is 2.72. The first-order valence-electron chi connectivity index (χ1n) is 8.07. The van der Waals surface area contributed by atoms with Gasteiger partial charge in [-0.2, -0.15) is 5.10 Å². The molecule has 124 valence electrons. The molecule has 2 aromatic rings. The van der Waals surface area contributed by atoms with Gasteiger partial charge in [-0.15, -0.1) is 5.10 Å². The maximum atomic E-state index is 12.3. The molecule has 0 aliphatic carbocycles. The highest BCUT2D eigenvalue weighted by molar-refractivity contribution is 6.21. The minimum atomic E-state index is -0.257. The number of fused-ring (bicyclic) bond motifs is 1. The van der Waals surface area contributed by atoms with Crippen molar-refractivity contribution in [1.82, 2.24) is 20.1 Å². The molecule has 3 rings (SSSR count). The molecular formula is C17H19N5O2. The summed E-state index contributed by atoms with van der Waals surface area (Å²) in [5.74, 6) is -0.0975. The van der Waals surface area contributed by atoms with E-state index in [2.05, 4.69) is 20.5 Å². The monoisotopic (exact) mass is 325 g/mol. The van der Waals surface area contributed by atoms with Crippen molar-refractivity contribution in [2.75, 3.05) is 18.4 Å². The van der Waals surface area contributed by atoms with Crippen molar-refractivity contribution in [3.8, 4) is 0 Å². The van der Waals surface area contributed by atoms with Gasteiger partial charge in [-0.25, -0.2) is 4.98 Å². The van der Waals surface area contributed by atoms with Crippen LogP contribution in [0.25, 0.3) is 0 Å². The Kier molecular flexibility index (Phi) is 4.50. The standard InChI is InChI=1S/C17H19N5O2/c1-3-13-14(4-2)20-21-17(19-13)18-9-10-22-15(23)11-7-5-6-8-12(11)16(22)24/h5-8H,3-4,9-10H2,1-2H3,(H,18,19,21). The van der Waals surface area contributed by atoms with Crippen LogP contribution < -0.4 is 5.32 Å². The van der Waals surface area contributed by atoms with Gasteiger partial charge in [0.25, 0.3) is 11.8 Å². The van der Waals surface area contributed by atoms with Gasteiger partial charge >= 0.3 is 0 Å². The molecule has 0 atom stereocenters. The lowest BCUT2D eigenvalue weighted by molar-refractivity contribution is 0.0660. The lowest BCUT2D eigenvalue weighted by Gasteiger charge is -2.14. The summed E-state index contributed by atoms with van der Waals surface area (Å²) in [4.78, 5) is 30.2. The van der Waals surface area contributed by atoms with Crippen molar-refractivity contribution in [2.45, 2.75) is 26.7 Å². The SMILES string of the molecule is CCc1nnc(NCCN2C(=O)c3ccccc3C2=O)nc1CC. The van der Waals surface area contributed by atoms with Gasteiger partial charge in [0.1, 0.15) is 0 Å². The molecule has 0 saturated carbocycles. The summed E-state index contributed by atoms with van der Waals surface area (Å²) in [5, 5.41) is 11.2. The van der Waals surface area contributed by atoms with Gasteiger partial charge in [0.15, 0.2) is 0 Å². The number of rotatable bonds is 6. The molecule has 1 aromatic heterocycles. The van der Waals surface area contributed by atoms with E-state index in [-0.39, 0.29) is 18.4 Å². The van der Waals surface area contributed by atoms with E-state index in [4.69, 9.17) is 0 Å². The lowest BCUT2D eigenvalue weighted by Crippen LogP contribution is -2.34. The molecule has 2 heterocycles. The van der Waals surface area contributed by atoms with Crippen LogP contribution in [0.4, 0.5) is 5.95 Å². The highest BCUT2D eigenvalue weighted by atomic mass is 16.2. The van der Waals surface area contributed by atoms with Crippen molar-refractivity contribution < 1.29 is 9.59 Å². The number of imide groups is 1. The number of aromatic nitrogens is 3. The molecule has 7 heteroatoms. The van der Waals surface area contributed by atoms with Crippen LogP contribution >= 0.6 is 0 Å². The Bertz CT molecular complexity index is 755. The Balaban J connectivity index is 1.64. The van der Waals surface area contributed by atoms with Gasteiger partial charge in [-0.1, -0.05) is 26.0 Å². The second-order valence-electron chi connectivity index (χ2n) is 5.47. The van der Waals surface area contributed by atoms with Crippen molar-refractivity contribution in [2.24, 2.45) is 0 Å². The number of aryl methyl sites for hydroxylation is 2. The third-order valence-corrected chi connectivity index (χ3v) is 4.01. The fourth-order valence-electron chi connectivity index (χ4n) is 2.73. The Labute approximate surface area is 140 Å². The van der Waals surface area contributed by atoms with Gasteiger partial charge in [-0.05, 0) is 25.0 Å². The van der Waals surface area contributed by atoms with Crippen LogP contribution in [0, 0.1) is 0 Å². The maximum absolute atomic E-state index is 12.3. The van der Waals surface area contributed by atoms with Gasteiger partial charge in [0.2, 0.25) is 5.95 Å². The molecule has 2 amide bonds. The van der Waals surface area contributed by atoms with Crippen molar-refractivity contribution in [1.29, 1.82) is 0 Å². The number of carbonyl (C=O) groups excluding carboxylic acids is 2. The fraction of sp³-hybridized carbons (Fsp3) is 0.353. The van der Waals surface area contributed by atoms with Gasteiger partial charge < -0.3 is 5.32 Å². The summed E-state index contributed by atoms with van der Waals surface area (Å²) in [6.07, 6.45) is 1.57. The minimum Gasteiger partial charge on any atom is -0.351 e. The molecule has 0 unspecified atom stereocenters. The van der Waals surface area contributed by atoms with E-state index < -0.39 is 0 Å². The molecule has 1 aliphatic rings. The van der Waals surface area contributed by atoms with E-state index in [1.165, 1.54) is 4.90 Å². The summed E-state index contributed by atoms with van der Waals surface area (Å²) in [6.45, 7) is 4.67. The Morgan fingerprint density at radius 1 is 0.958 bits per heavy atom. The average molecular weight is 325 g/mol. The molecule has 7 nitrogen and oxygen atoms in total. The van der Waals surface area contributed by atoms with E-state index in [0.717, 1.165) is 24.2 Å². The molecule has 1 aromatic carbocycles. The molecule has 1 N–H and O–H groups in total. The van der Waals surface area contributed by atoms with Crippen LogP contribution in [0.2, 0.25) is 0 Å². The van der Waals surface area contributed by atoms with E-state index in [1.54, 1.807) is 24.3 Å². The number of benzene rings is 1. The van der Waals surface area contributed by atoms with Crippen molar-refractivity contribution in [3.63, 3.8) is 0 Å². The third-order valence-electron chi connectivity index (χ3n) is 4.01. The van der Waals surface area contributed by atoms with Gasteiger partial charge in [-0.3, -0.25) is 14.5 Å². The summed E-state index contributed by atoms with van der Waals surface area (Å²) < 4.78 is 0. The van der Waals surface area contributed by atoms with Crippen LogP contribution in [0.3, 0.4) is 0 Å². The highest BCUT2D eigenvalue weighted by Gasteiger charge is 2.34. The zero-order valence-corrected chi connectivity index (χ0v) is 13.7. The van der Waals surface area contributed by atoms with E-state index >= 15 is 0 Å². The number of amides is 2. The normalized spacial score (nSPS) is 13.3. The largest absolute Gasteiger partial charge is 0.351 e. The van der Waals surface area contributed by atoms with Crippen molar-refractivity contribution in [3.05, 3.63) is 46.8 Å². The van der Waals surface area contributed by atoms with Crippen LogP contribution in [0.15, 0.2) is 24.3 Å². The Morgan fingerprint density at radius 2 is 1.58 bits per heavy atom. The van der Waals surface area contributed by atoms with E-state index in [9.17, 15) is 9.59 Å². The molecule has 1 aliphatic heterocycles. The van der Waals surface area contributed by atoms with E-state index in [1.807, 2.05) is 13.8 Å². The molecule has 0 fully saturated rings. The first-order valence-corrected chi connectivity index (χ1v) is 8.07. The predicted molar refractivity (Wildman–Crippen MR) is 88.9 cm³/mol. The Hall–Kier alpha value is -2.83. The lowest BCUT2D eigenvalue weighted by atomic mass is 10.1. The number of hydrogen-bond donors (Lipinski definition) is 1. The Morgan fingerprint density at radius 3 is 2.17 bits per heavy atom. The van der Waals surface area contributed by atoms with E-state index in [0.29, 0.717) is 23.6 Å². The molecule has 24 heavy (non-hydrogen) atoms. The second kappa shape index (κ2) is 6.74. The summed E-state index contributed by atoms with van der Waals surface area (Å²) >= 11 is 0. The topological polar surface area (TPSA) is 88.1 Å². The first-order chi connectivity index (χ1) is 11.7. The highest BCUT2D eigenvalue weighted by Crippen LogP contribution is 2.21. The van der Waals surface area contributed by atoms with Crippen LogP contribution in [0.5, 0.6) is 0 Å². The molecule has 0 spiro atoms. The molecule has 0 saturated heterocycles. The van der Waals surface area contributed by atoms with Crippen molar-refractivity contribution >= 4 is 17.8 Å². The second-order valence-corrected chi connectivity index (χ2v) is 5.47. The number of anilines is 1. The number of nitrogens with zero attached hydrogens (tertiary/aromatic N) is 4. The number of nitrogens with one attached hydrogen (secondary N) is 1. The predicted octanol–water partition coefficient (Wildman–Crippen LogP) is 1.70. The zero-order chi connectivity index (χ0) is 17.1. The molecular weight excluding hydrogens is 306 g/mol. The summed E-state index contributed by atoms with van der Waals surface area (Å²) in [6, 6.07) is 6.86. The maximum Gasteiger partial charge on any atom is 0.261 e. The van der Waals surface area contributed by atoms with Gasteiger partial charge in [0.05, 0.1) is 22.5 Å². The molecule has 0 radical (unpaired) electrons. The fourth-order valence-corrected chi connectivity index (χ4v) is 2.73. The third kappa shape index (κ3) is 2.84. The zero-order valence-electron chi connectivity index (χ0n) is 13.7. The summed E-state index contributed by atoms with van der Waals surface area (Å²) in [7, 11) is 0. The quantitative estimate of drug-likeness (QED) is 0.813.